The van der Waals surface area contributed by atoms with Crippen LogP contribution in [0.25, 0.3) is 0 Å². The Morgan fingerprint density at radius 3 is 2.80 bits per heavy atom. The number of hydrogen-bond acceptors (Lipinski definition) is 3. The van der Waals surface area contributed by atoms with E-state index in [2.05, 4.69) is 4.90 Å². The fraction of sp³-hybridized carbons (Fsp3) is 0.625. The predicted molar refractivity (Wildman–Crippen MR) is 84.6 cm³/mol. The van der Waals surface area contributed by atoms with Gasteiger partial charge in [-0.1, -0.05) is 11.6 Å². The quantitative estimate of drug-likeness (QED) is 0.786. The van der Waals surface area contributed by atoms with E-state index in [4.69, 9.17) is 22.1 Å². The monoisotopic (exact) mass is 296 g/mol. The van der Waals surface area contributed by atoms with E-state index in [1.54, 1.807) is 0 Å². The summed E-state index contributed by atoms with van der Waals surface area (Å²) >= 11 is 6.04. The molecule has 0 spiro atoms. The first-order valence-electron chi connectivity index (χ1n) is 7.54. The molecule has 2 rings (SSSR count). The fourth-order valence-electron chi connectivity index (χ4n) is 2.67. The minimum atomic E-state index is 0.111. The van der Waals surface area contributed by atoms with Crippen LogP contribution < -0.4 is 10.5 Å². The topological polar surface area (TPSA) is 38.5 Å². The van der Waals surface area contributed by atoms with Crippen molar-refractivity contribution in [1.82, 2.24) is 4.90 Å². The number of ether oxygens (including phenoxy) is 1. The molecule has 1 atom stereocenters. The molecule has 0 amide bonds. The summed E-state index contributed by atoms with van der Waals surface area (Å²) in [5.41, 5.74) is 6.98. The number of halogens is 1. The average molecular weight is 297 g/mol. The van der Waals surface area contributed by atoms with Gasteiger partial charge in [0.05, 0.1) is 6.61 Å². The van der Waals surface area contributed by atoms with Gasteiger partial charge < -0.3 is 15.4 Å². The Balaban J connectivity index is 1.81. The Kier molecular flexibility index (Phi) is 6.14. The molecular weight excluding hydrogens is 272 g/mol. The van der Waals surface area contributed by atoms with E-state index in [-0.39, 0.29) is 6.04 Å². The fourth-order valence-corrected chi connectivity index (χ4v) is 2.87. The number of likely N-dealkylation sites (tertiary alicyclic amines) is 1. The summed E-state index contributed by atoms with van der Waals surface area (Å²) in [6, 6.07) is 5.90. The third-order valence-corrected chi connectivity index (χ3v) is 3.87. The Morgan fingerprint density at radius 2 is 2.10 bits per heavy atom. The Morgan fingerprint density at radius 1 is 1.35 bits per heavy atom. The van der Waals surface area contributed by atoms with Crippen LogP contribution in [0.15, 0.2) is 18.2 Å². The summed E-state index contributed by atoms with van der Waals surface area (Å²) in [4.78, 5) is 2.51. The highest BCUT2D eigenvalue weighted by molar-refractivity contribution is 6.30. The van der Waals surface area contributed by atoms with Crippen LogP contribution in [0.3, 0.4) is 0 Å². The first-order chi connectivity index (χ1) is 9.65. The zero-order chi connectivity index (χ0) is 14.4. The van der Waals surface area contributed by atoms with E-state index < -0.39 is 0 Å². The third-order valence-electron chi connectivity index (χ3n) is 3.64. The zero-order valence-corrected chi connectivity index (χ0v) is 13.0. The molecule has 2 N–H and O–H groups in total. The molecule has 3 nitrogen and oxygen atoms in total. The molecule has 4 heteroatoms. The lowest BCUT2D eigenvalue weighted by Crippen LogP contribution is -2.22. The van der Waals surface area contributed by atoms with E-state index in [1.807, 2.05) is 25.1 Å². The Labute approximate surface area is 127 Å². The van der Waals surface area contributed by atoms with Gasteiger partial charge in [-0.2, -0.15) is 0 Å². The molecule has 0 saturated carbocycles. The Bertz CT molecular complexity index is 417. The lowest BCUT2D eigenvalue weighted by Gasteiger charge is -2.16. The molecule has 0 aromatic heterocycles. The third kappa shape index (κ3) is 4.97. The molecule has 1 aliphatic heterocycles. The van der Waals surface area contributed by atoms with Gasteiger partial charge in [0.2, 0.25) is 0 Å². The maximum atomic E-state index is 6.04. The SMILES string of the molecule is CC(N)Cc1cc(Cl)ccc1OCCCN1CCCC1. The van der Waals surface area contributed by atoms with Gasteiger partial charge in [-0.15, -0.1) is 0 Å². The highest BCUT2D eigenvalue weighted by Gasteiger charge is 2.11. The minimum absolute atomic E-state index is 0.111. The normalized spacial score (nSPS) is 17.4. The van der Waals surface area contributed by atoms with E-state index in [0.29, 0.717) is 0 Å². The summed E-state index contributed by atoms with van der Waals surface area (Å²) in [7, 11) is 0. The van der Waals surface area contributed by atoms with Crippen LogP contribution in [-0.4, -0.2) is 37.2 Å². The second-order valence-electron chi connectivity index (χ2n) is 5.68. The van der Waals surface area contributed by atoms with Crippen molar-refractivity contribution in [2.45, 2.75) is 38.6 Å². The van der Waals surface area contributed by atoms with Crippen LogP contribution in [0, 0.1) is 0 Å². The zero-order valence-electron chi connectivity index (χ0n) is 12.3. The maximum Gasteiger partial charge on any atom is 0.122 e. The Hall–Kier alpha value is -0.770. The molecule has 1 fully saturated rings. The molecule has 20 heavy (non-hydrogen) atoms. The molecule has 0 bridgehead atoms. The van der Waals surface area contributed by atoms with Gasteiger partial charge in [0, 0.05) is 17.6 Å². The first-order valence-corrected chi connectivity index (χ1v) is 7.92. The maximum absolute atomic E-state index is 6.04. The second kappa shape index (κ2) is 7.87. The van der Waals surface area contributed by atoms with E-state index in [0.717, 1.165) is 42.3 Å². The van der Waals surface area contributed by atoms with Crippen LogP contribution in [-0.2, 0) is 6.42 Å². The molecule has 1 saturated heterocycles. The first kappa shape index (κ1) is 15.6. The highest BCUT2D eigenvalue weighted by atomic mass is 35.5. The summed E-state index contributed by atoms with van der Waals surface area (Å²) in [5.74, 6) is 0.924. The molecule has 1 unspecified atom stereocenters. The van der Waals surface area contributed by atoms with Crippen molar-refractivity contribution in [2.75, 3.05) is 26.2 Å². The molecular formula is C16H25ClN2O. The van der Waals surface area contributed by atoms with Crippen LogP contribution in [0.1, 0.15) is 31.7 Å². The minimum Gasteiger partial charge on any atom is -0.493 e. The molecule has 0 aliphatic carbocycles. The average Bonchev–Trinajstić information content (AvgIpc) is 2.89. The van der Waals surface area contributed by atoms with Crippen molar-refractivity contribution < 1.29 is 4.74 Å². The van der Waals surface area contributed by atoms with E-state index in [9.17, 15) is 0 Å². The van der Waals surface area contributed by atoms with Crippen molar-refractivity contribution in [3.63, 3.8) is 0 Å². The van der Waals surface area contributed by atoms with Crippen LogP contribution >= 0.6 is 11.6 Å². The largest absolute Gasteiger partial charge is 0.493 e. The number of nitrogens with zero attached hydrogens (tertiary/aromatic N) is 1. The van der Waals surface area contributed by atoms with Crippen molar-refractivity contribution >= 4 is 11.6 Å². The summed E-state index contributed by atoms with van der Waals surface area (Å²) in [6.45, 7) is 6.38. The van der Waals surface area contributed by atoms with Gasteiger partial charge in [-0.3, -0.25) is 0 Å². The standard InChI is InChI=1S/C16H25ClN2O/c1-13(18)11-14-12-15(17)5-6-16(14)20-10-4-9-19-7-2-3-8-19/h5-6,12-13H,2-4,7-11,18H2,1H3. The lowest BCUT2D eigenvalue weighted by atomic mass is 10.1. The van der Waals surface area contributed by atoms with Gasteiger partial charge in [-0.05, 0) is 69.5 Å². The predicted octanol–water partition coefficient (Wildman–Crippen LogP) is 3.09. The van der Waals surface area contributed by atoms with Crippen molar-refractivity contribution in [3.8, 4) is 5.75 Å². The van der Waals surface area contributed by atoms with Gasteiger partial charge in [-0.25, -0.2) is 0 Å². The van der Waals surface area contributed by atoms with Gasteiger partial charge >= 0.3 is 0 Å². The van der Waals surface area contributed by atoms with Crippen molar-refractivity contribution in [1.29, 1.82) is 0 Å². The molecule has 112 valence electrons. The molecule has 1 aliphatic rings. The molecule has 1 heterocycles. The second-order valence-corrected chi connectivity index (χ2v) is 6.12. The molecule has 1 aromatic carbocycles. The van der Waals surface area contributed by atoms with Gasteiger partial charge in [0.15, 0.2) is 0 Å². The number of hydrogen-bond donors (Lipinski definition) is 1. The van der Waals surface area contributed by atoms with Crippen LogP contribution in [0.2, 0.25) is 5.02 Å². The highest BCUT2D eigenvalue weighted by Crippen LogP contribution is 2.24. The summed E-state index contributed by atoms with van der Waals surface area (Å²) in [6.07, 6.45) is 4.55. The molecule has 1 aromatic rings. The van der Waals surface area contributed by atoms with Gasteiger partial charge in [0.1, 0.15) is 5.75 Å². The smallest absolute Gasteiger partial charge is 0.122 e. The molecule has 0 radical (unpaired) electrons. The number of rotatable bonds is 7. The summed E-state index contributed by atoms with van der Waals surface area (Å²) < 4.78 is 5.91. The van der Waals surface area contributed by atoms with Crippen LogP contribution in [0.4, 0.5) is 0 Å². The number of benzene rings is 1. The van der Waals surface area contributed by atoms with Crippen LogP contribution in [0.5, 0.6) is 5.75 Å². The summed E-state index contributed by atoms with van der Waals surface area (Å²) in [5, 5.41) is 0.741. The van der Waals surface area contributed by atoms with E-state index >= 15 is 0 Å². The lowest BCUT2D eigenvalue weighted by molar-refractivity contribution is 0.261. The number of nitrogens with two attached hydrogens (primary N) is 1. The van der Waals surface area contributed by atoms with E-state index in [1.165, 1.54) is 25.9 Å². The van der Waals surface area contributed by atoms with Crippen molar-refractivity contribution in [2.24, 2.45) is 5.73 Å². The van der Waals surface area contributed by atoms with Crippen molar-refractivity contribution in [3.05, 3.63) is 28.8 Å². The van der Waals surface area contributed by atoms with Gasteiger partial charge in [0.25, 0.3) is 0 Å².